The molecular weight excluding hydrogens is 655 g/mol. The van der Waals surface area contributed by atoms with E-state index in [9.17, 15) is 0 Å². The number of halogens is 2. The first kappa shape index (κ1) is 33.7. The van der Waals surface area contributed by atoms with Gasteiger partial charge in [0.15, 0.2) is 0 Å². The van der Waals surface area contributed by atoms with E-state index in [2.05, 4.69) is 153 Å². The molecule has 7 rings (SSSR count). The van der Waals surface area contributed by atoms with Crippen LogP contribution in [-0.2, 0) is 37.1 Å². The summed E-state index contributed by atoms with van der Waals surface area (Å²) in [5.74, 6) is 0. The van der Waals surface area contributed by atoms with Crippen LogP contribution in [0.25, 0.3) is 38.2 Å². The Morgan fingerprint density at radius 2 is 1.32 bits per heavy atom. The van der Waals surface area contributed by atoms with Crippen molar-refractivity contribution < 1.29 is 49.0 Å². The minimum atomic E-state index is 0. The Hall–Kier alpha value is -3.22. The zero-order chi connectivity index (χ0) is 28.9. The summed E-state index contributed by atoms with van der Waals surface area (Å²) >= 11 is 1.46. The molecule has 0 N–H and O–H groups in total. The van der Waals surface area contributed by atoms with Crippen molar-refractivity contribution in [3.63, 3.8) is 0 Å². The first-order valence-corrected chi connectivity index (χ1v) is 16.2. The van der Waals surface area contributed by atoms with Gasteiger partial charge in [0, 0.05) is 0 Å². The third-order valence-electron chi connectivity index (χ3n) is 8.24. The van der Waals surface area contributed by atoms with Crippen LogP contribution in [0.5, 0.6) is 0 Å². The van der Waals surface area contributed by atoms with Crippen molar-refractivity contribution in [1.82, 2.24) is 0 Å². The third kappa shape index (κ3) is 7.02. The molecule has 0 unspecified atom stereocenters. The summed E-state index contributed by atoms with van der Waals surface area (Å²) < 4.78 is 1.42. The Kier molecular flexibility index (Phi) is 12.0. The molecule has 3 heteroatoms. The van der Waals surface area contributed by atoms with E-state index in [4.69, 9.17) is 0 Å². The van der Waals surface area contributed by atoms with Crippen molar-refractivity contribution in [1.29, 1.82) is 0 Å². The van der Waals surface area contributed by atoms with Crippen LogP contribution in [0.1, 0.15) is 48.1 Å². The molecule has 1 aliphatic rings. The van der Waals surface area contributed by atoms with Gasteiger partial charge < -0.3 is 24.8 Å². The second-order valence-electron chi connectivity index (χ2n) is 10.8. The molecule has 44 heavy (non-hydrogen) atoms. The minimum absolute atomic E-state index is 0. The van der Waals surface area contributed by atoms with Gasteiger partial charge in [-0.2, -0.15) is 0 Å². The molecule has 0 radical (unpaired) electrons. The second-order valence-corrected chi connectivity index (χ2v) is 12.0. The quantitative estimate of drug-likeness (QED) is 0.224. The molecule has 6 aromatic rings. The standard InChI is InChI=1S/C28H25.C13H10.2ClH.Zr/c1-3-19-14-15-24-22(16-19)17-27-26(24)18-25(20-10-6-5-7-11-20)23(4-2)28(27)21-12-8-9-13-21;1-3-7-12(8-4-1)11-13-9-5-2-6-10-13;;;/h5-12,14-18H,3-4,13H2,1-2H3;1-10H;2*1H;/q-1;;;;+2/p-2. The fraction of sp³-hybridized carbons (Fsp3) is 0.122. The van der Waals surface area contributed by atoms with Crippen LogP contribution in [0, 0.1) is 0 Å². The van der Waals surface area contributed by atoms with Gasteiger partial charge in [-0.05, 0) is 30.4 Å². The van der Waals surface area contributed by atoms with E-state index >= 15 is 0 Å². The van der Waals surface area contributed by atoms with Crippen molar-refractivity contribution in [2.45, 2.75) is 33.1 Å². The summed E-state index contributed by atoms with van der Waals surface area (Å²) in [7, 11) is 0. The van der Waals surface area contributed by atoms with Gasteiger partial charge in [-0.25, -0.2) is 0 Å². The first-order chi connectivity index (χ1) is 20.7. The zero-order valence-corrected chi connectivity index (χ0v) is 29.1. The SMILES string of the molecule is CCc1ccc2c(c1)[cH-]c1c(C3=CC=CC3)c(CC)c(-c3ccccc3)cc12.[Cl-].[Cl-].[Zr+2]=[C](c1ccccc1)c1ccccc1. The van der Waals surface area contributed by atoms with Gasteiger partial charge in [-0.3, -0.25) is 0 Å². The number of aryl methyl sites for hydroxylation is 1. The van der Waals surface area contributed by atoms with Crippen LogP contribution in [-0.4, -0.2) is 3.21 Å². The molecule has 0 spiro atoms. The number of hydrogen-bond donors (Lipinski definition) is 0. The van der Waals surface area contributed by atoms with Crippen LogP contribution in [0.3, 0.4) is 0 Å². The fourth-order valence-corrected chi connectivity index (χ4v) is 6.90. The average Bonchev–Trinajstić information content (AvgIpc) is 3.73. The van der Waals surface area contributed by atoms with Gasteiger partial charge in [-0.1, -0.05) is 103 Å². The molecule has 218 valence electrons. The van der Waals surface area contributed by atoms with Crippen molar-refractivity contribution in [3.8, 4) is 11.1 Å². The molecule has 0 nitrogen and oxygen atoms in total. The molecule has 0 saturated heterocycles. The third-order valence-corrected chi connectivity index (χ3v) is 9.66. The van der Waals surface area contributed by atoms with Crippen molar-refractivity contribution in [2.24, 2.45) is 0 Å². The molecule has 0 bridgehead atoms. The van der Waals surface area contributed by atoms with Gasteiger partial charge in [0.2, 0.25) is 0 Å². The average molecular weight is 690 g/mol. The molecule has 0 heterocycles. The van der Waals surface area contributed by atoms with E-state index in [-0.39, 0.29) is 24.8 Å². The molecule has 0 saturated carbocycles. The van der Waals surface area contributed by atoms with E-state index in [1.807, 2.05) is 0 Å². The van der Waals surface area contributed by atoms with Crippen molar-refractivity contribution >= 4 is 30.3 Å². The number of benzene rings is 5. The second kappa shape index (κ2) is 15.7. The number of rotatable bonds is 6. The van der Waals surface area contributed by atoms with E-state index in [0.717, 1.165) is 19.3 Å². The molecule has 0 aliphatic heterocycles. The molecule has 0 amide bonds. The Morgan fingerprint density at radius 1 is 0.705 bits per heavy atom. The van der Waals surface area contributed by atoms with Crippen molar-refractivity contribution in [3.05, 3.63) is 167 Å². The Morgan fingerprint density at radius 3 is 1.86 bits per heavy atom. The monoisotopic (exact) mass is 687 g/mol. The topological polar surface area (TPSA) is 0 Å². The summed E-state index contributed by atoms with van der Waals surface area (Å²) in [5, 5.41) is 5.54. The molecule has 6 aromatic carbocycles. The maximum absolute atomic E-state index is 2.43. The van der Waals surface area contributed by atoms with E-state index in [1.54, 1.807) is 0 Å². The van der Waals surface area contributed by atoms with Crippen LogP contribution in [0.2, 0.25) is 0 Å². The summed E-state index contributed by atoms with van der Waals surface area (Å²) in [6.45, 7) is 4.52. The van der Waals surface area contributed by atoms with E-state index < -0.39 is 0 Å². The van der Waals surface area contributed by atoms with Crippen LogP contribution in [0.15, 0.2) is 140 Å². The first-order valence-electron chi connectivity index (χ1n) is 15.0. The van der Waals surface area contributed by atoms with E-state index in [0.29, 0.717) is 0 Å². The number of allylic oxidation sites excluding steroid dienone is 4. The molecular formula is C41H35Cl2Zr-. The Bertz CT molecular complexity index is 1870. The van der Waals surface area contributed by atoms with Gasteiger partial charge in [0.05, 0.1) is 0 Å². The Labute approximate surface area is 289 Å². The number of fused-ring (bicyclic) bond motifs is 3. The molecule has 0 fully saturated rings. The van der Waals surface area contributed by atoms with Gasteiger partial charge in [0.25, 0.3) is 0 Å². The van der Waals surface area contributed by atoms with Crippen molar-refractivity contribution in [2.75, 3.05) is 0 Å². The fourth-order valence-electron chi connectivity index (χ4n) is 6.08. The summed E-state index contributed by atoms with van der Waals surface area (Å²) in [6.07, 6.45) is 9.92. The van der Waals surface area contributed by atoms with Gasteiger partial charge >= 0.3 is 99.2 Å². The molecule has 0 atom stereocenters. The summed E-state index contributed by atoms with van der Waals surface area (Å²) in [6, 6.07) is 43.8. The summed E-state index contributed by atoms with van der Waals surface area (Å²) in [4.78, 5) is 0. The Balaban J connectivity index is 0.000000235. The molecule has 1 aliphatic carbocycles. The van der Waals surface area contributed by atoms with Gasteiger partial charge in [-0.15, -0.1) is 33.7 Å². The zero-order valence-electron chi connectivity index (χ0n) is 25.2. The predicted octanol–water partition coefficient (Wildman–Crippen LogP) is 4.66. The number of hydrogen-bond acceptors (Lipinski definition) is 0. The maximum atomic E-state index is 2.43. The molecule has 0 aromatic heterocycles. The normalized spacial score (nSPS) is 11.8. The van der Waals surface area contributed by atoms with Crippen LogP contribution < -0.4 is 24.8 Å². The van der Waals surface area contributed by atoms with Gasteiger partial charge in [0.1, 0.15) is 0 Å². The van der Waals surface area contributed by atoms with E-state index in [1.165, 1.54) is 93.5 Å². The van der Waals surface area contributed by atoms with Crippen LogP contribution >= 0.6 is 0 Å². The summed E-state index contributed by atoms with van der Waals surface area (Å²) in [5.41, 5.74) is 11.1. The predicted molar refractivity (Wildman–Crippen MR) is 179 cm³/mol. The van der Waals surface area contributed by atoms with Crippen LogP contribution in [0.4, 0.5) is 0 Å².